The fourth-order valence-electron chi connectivity index (χ4n) is 3.12. The van der Waals surface area contributed by atoms with Gasteiger partial charge in [-0.1, -0.05) is 25.1 Å². The Morgan fingerprint density at radius 3 is 2.69 bits per heavy atom. The maximum absolute atomic E-state index is 13.2. The number of ether oxygens (including phenoxy) is 1. The highest BCUT2D eigenvalue weighted by molar-refractivity contribution is 7.89. The molecule has 6 nitrogen and oxygen atoms in total. The van der Waals surface area contributed by atoms with Crippen LogP contribution >= 0.6 is 0 Å². The summed E-state index contributed by atoms with van der Waals surface area (Å²) in [5.41, 5.74) is 0.889. The standard InChI is InChI=1S/C19H30N2O4S/c1-6-7-16-8-9-19-17(10-16)25-18(12-20(4)5)14(2)11-21(15(3)13-22)26(19,23)24/h6-10,14-15,18,22H,11-13H2,1-5H3/t14-,15+,18+/m0/s1. The van der Waals surface area contributed by atoms with Crippen molar-refractivity contribution in [3.63, 3.8) is 0 Å². The van der Waals surface area contributed by atoms with Crippen LogP contribution in [0.3, 0.4) is 0 Å². The maximum atomic E-state index is 13.2. The fraction of sp³-hybridized carbons (Fsp3) is 0.579. The van der Waals surface area contributed by atoms with E-state index >= 15 is 0 Å². The molecule has 1 N–H and O–H groups in total. The Labute approximate surface area is 157 Å². The van der Waals surface area contributed by atoms with E-state index in [4.69, 9.17) is 4.74 Å². The van der Waals surface area contributed by atoms with Crippen molar-refractivity contribution in [2.45, 2.75) is 37.8 Å². The molecule has 0 aromatic heterocycles. The molecule has 0 saturated carbocycles. The Morgan fingerprint density at radius 1 is 1.42 bits per heavy atom. The van der Waals surface area contributed by atoms with Crippen LogP contribution in [0.5, 0.6) is 5.75 Å². The first-order valence-electron chi connectivity index (χ1n) is 8.91. The second-order valence-electron chi connectivity index (χ2n) is 7.21. The smallest absolute Gasteiger partial charge is 0.247 e. The Hall–Kier alpha value is -1.41. The van der Waals surface area contributed by atoms with Gasteiger partial charge >= 0.3 is 0 Å². The molecule has 26 heavy (non-hydrogen) atoms. The van der Waals surface area contributed by atoms with E-state index in [1.54, 1.807) is 25.1 Å². The molecule has 1 aromatic rings. The van der Waals surface area contributed by atoms with Crippen molar-refractivity contribution in [2.24, 2.45) is 5.92 Å². The van der Waals surface area contributed by atoms with Crippen molar-refractivity contribution in [3.05, 3.63) is 29.8 Å². The summed E-state index contributed by atoms with van der Waals surface area (Å²) in [6.45, 7) is 6.38. The van der Waals surface area contributed by atoms with Crippen LogP contribution < -0.4 is 4.74 Å². The van der Waals surface area contributed by atoms with E-state index in [0.717, 1.165) is 5.56 Å². The first-order chi connectivity index (χ1) is 12.2. The number of aliphatic hydroxyl groups excluding tert-OH is 1. The molecule has 2 rings (SSSR count). The second kappa shape index (κ2) is 8.52. The van der Waals surface area contributed by atoms with E-state index in [1.807, 2.05) is 45.0 Å². The van der Waals surface area contributed by atoms with Crippen molar-refractivity contribution >= 4 is 16.1 Å². The SMILES string of the molecule is CC=Cc1ccc2c(c1)O[C@H](CN(C)C)[C@@H](C)CN([C@H](C)CO)S2(=O)=O. The minimum Gasteiger partial charge on any atom is -0.487 e. The summed E-state index contributed by atoms with van der Waals surface area (Å²) in [5.74, 6) is 0.342. The average molecular weight is 383 g/mol. The van der Waals surface area contributed by atoms with Gasteiger partial charge in [-0.15, -0.1) is 0 Å². The van der Waals surface area contributed by atoms with E-state index in [1.165, 1.54) is 4.31 Å². The number of fused-ring (bicyclic) bond motifs is 1. The molecule has 7 heteroatoms. The molecular weight excluding hydrogens is 352 g/mol. The molecule has 0 radical (unpaired) electrons. The topological polar surface area (TPSA) is 70.1 Å². The van der Waals surface area contributed by atoms with Crippen LogP contribution in [0.25, 0.3) is 6.08 Å². The zero-order chi connectivity index (χ0) is 19.5. The van der Waals surface area contributed by atoms with E-state index in [2.05, 4.69) is 0 Å². The van der Waals surface area contributed by atoms with Crippen LogP contribution in [0.2, 0.25) is 0 Å². The number of rotatable bonds is 5. The van der Waals surface area contributed by atoms with Gasteiger partial charge in [0, 0.05) is 25.0 Å². The van der Waals surface area contributed by atoms with E-state index in [9.17, 15) is 13.5 Å². The number of allylic oxidation sites excluding steroid dienone is 1. The molecule has 1 heterocycles. The van der Waals surface area contributed by atoms with Gasteiger partial charge in [0.25, 0.3) is 0 Å². The lowest BCUT2D eigenvalue weighted by molar-refractivity contribution is 0.0812. The quantitative estimate of drug-likeness (QED) is 0.844. The lowest BCUT2D eigenvalue weighted by atomic mass is 10.0. The monoisotopic (exact) mass is 382 g/mol. The normalized spacial score (nSPS) is 24.7. The summed E-state index contributed by atoms with van der Waals surface area (Å²) < 4.78 is 34.1. The lowest BCUT2D eigenvalue weighted by Crippen LogP contribution is -2.49. The number of likely N-dealkylation sites (N-methyl/N-ethyl adjacent to an activating group) is 1. The van der Waals surface area contributed by atoms with Gasteiger partial charge in [-0.05, 0) is 45.6 Å². The van der Waals surface area contributed by atoms with E-state index in [0.29, 0.717) is 18.8 Å². The van der Waals surface area contributed by atoms with Gasteiger partial charge in [0.1, 0.15) is 16.7 Å². The Kier molecular flexibility index (Phi) is 6.85. The highest BCUT2D eigenvalue weighted by Gasteiger charge is 2.37. The number of hydrogen-bond donors (Lipinski definition) is 1. The summed E-state index contributed by atoms with van der Waals surface area (Å²) >= 11 is 0. The van der Waals surface area contributed by atoms with Gasteiger partial charge in [-0.2, -0.15) is 4.31 Å². The number of nitrogens with zero attached hydrogens (tertiary/aromatic N) is 2. The molecule has 146 valence electrons. The number of benzene rings is 1. The average Bonchev–Trinajstić information content (AvgIpc) is 2.57. The predicted octanol–water partition coefficient (Wildman–Crippen LogP) is 2.05. The summed E-state index contributed by atoms with van der Waals surface area (Å²) in [4.78, 5) is 2.19. The van der Waals surface area contributed by atoms with Gasteiger partial charge in [0.05, 0.1) is 6.61 Å². The third kappa shape index (κ3) is 4.46. The number of aliphatic hydroxyl groups is 1. The first kappa shape index (κ1) is 20.9. The third-order valence-electron chi connectivity index (χ3n) is 4.60. The molecule has 0 saturated heterocycles. The van der Waals surface area contributed by atoms with Crippen LogP contribution in [0, 0.1) is 5.92 Å². The fourth-order valence-corrected chi connectivity index (χ4v) is 4.94. The molecule has 1 aliphatic rings. The molecule has 0 unspecified atom stereocenters. The predicted molar refractivity (Wildman–Crippen MR) is 104 cm³/mol. The highest BCUT2D eigenvalue weighted by Crippen LogP contribution is 2.34. The highest BCUT2D eigenvalue weighted by atomic mass is 32.2. The molecule has 3 atom stereocenters. The molecule has 1 aromatic carbocycles. The van der Waals surface area contributed by atoms with Crippen LogP contribution in [0.15, 0.2) is 29.2 Å². The molecular formula is C19H30N2O4S. The van der Waals surface area contributed by atoms with Crippen LogP contribution in [-0.2, 0) is 10.0 Å². The molecule has 0 bridgehead atoms. The Balaban J connectivity index is 2.61. The number of sulfonamides is 1. The van der Waals surface area contributed by atoms with Crippen LogP contribution in [-0.4, -0.2) is 68.7 Å². The van der Waals surface area contributed by atoms with Gasteiger partial charge in [-0.25, -0.2) is 8.42 Å². The molecule has 0 spiro atoms. The van der Waals surface area contributed by atoms with Crippen LogP contribution in [0.1, 0.15) is 26.3 Å². The zero-order valence-corrected chi connectivity index (χ0v) is 17.0. The van der Waals surface area contributed by atoms with Gasteiger partial charge < -0.3 is 14.7 Å². The third-order valence-corrected chi connectivity index (χ3v) is 6.61. The zero-order valence-electron chi connectivity index (χ0n) is 16.2. The van der Waals surface area contributed by atoms with Crippen molar-refractivity contribution < 1.29 is 18.3 Å². The van der Waals surface area contributed by atoms with Crippen molar-refractivity contribution in [1.29, 1.82) is 0 Å². The largest absolute Gasteiger partial charge is 0.487 e. The Morgan fingerprint density at radius 2 is 2.12 bits per heavy atom. The second-order valence-corrected chi connectivity index (χ2v) is 9.07. The summed E-state index contributed by atoms with van der Waals surface area (Å²) in [7, 11) is 0.178. The molecule has 0 aliphatic carbocycles. The van der Waals surface area contributed by atoms with E-state index in [-0.39, 0.29) is 23.5 Å². The lowest BCUT2D eigenvalue weighted by Gasteiger charge is -2.37. The summed E-state index contributed by atoms with van der Waals surface area (Å²) in [5, 5.41) is 9.59. The van der Waals surface area contributed by atoms with Gasteiger partial charge in [-0.3, -0.25) is 0 Å². The van der Waals surface area contributed by atoms with Crippen molar-refractivity contribution in [1.82, 2.24) is 9.21 Å². The molecule has 0 fully saturated rings. The van der Waals surface area contributed by atoms with E-state index < -0.39 is 16.1 Å². The minimum atomic E-state index is -3.76. The Bertz CT molecular complexity index is 746. The van der Waals surface area contributed by atoms with Crippen molar-refractivity contribution in [2.75, 3.05) is 33.8 Å². The van der Waals surface area contributed by atoms with Gasteiger partial charge in [0.2, 0.25) is 10.0 Å². The molecule has 1 aliphatic heterocycles. The minimum absolute atomic E-state index is 0.0281. The van der Waals surface area contributed by atoms with Gasteiger partial charge in [0.15, 0.2) is 0 Å². The summed E-state index contributed by atoms with van der Waals surface area (Å²) in [6, 6.07) is 4.64. The summed E-state index contributed by atoms with van der Waals surface area (Å²) in [6.07, 6.45) is 3.65. The van der Waals surface area contributed by atoms with Crippen molar-refractivity contribution in [3.8, 4) is 5.75 Å². The number of hydrogen-bond acceptors (Lipinski definition) is 5. The molecule has 0 amide bonds. The maximum Gasteiger partial charge on any atom is 0.247 e. The first-order valence-corrected chi connectivity index (χ1v) is 10.4. The van der Waals surface area contributed by atoms with Crippen LogP contribution in [0.4, 0.5) is 0 Å².